The third-order valence-corrected chi connectivity index (χ3v) is 8.25. The Morgan fingerprint density at radius 2 is 1.71 bits per heavy atom. The number of fused-ring (bicyclic) bond motifs is 1. The number of hydrogen-bond donors (Lipinski definition) is 1. The minimum absolute atomic E-state index is 0.0169. The van der Waals surface area contributed by atoms with Gasteiger partial charge in [-0.25, -0.2) is 0 Å². The van der Waals surface area contributed by atoms with Crippen molar-refractivity contribution >= 4 is 16.8 Å². The van der Waals surface area contributed by atoms with Gasteiger partial charge in [0.2, 0.25) is 0 Å². The second kappa shape index (κ2) is 10.8. The summed E-state index contributed by atoms with van der Waals surface area (Å²) in [7, 11) is 0. The van der Waals surface area contributed by atoms with Gasteiger partial charge in [0, 0.05) is 17.0 Å². The second-order valence-corrected chi connectivity index (χ2v) is 12.1. The van der Waals surface area contributed by atoms with Crippen LogP contribution in [0.25, 0.3) is 22.0 Å². The highest BCUT2D eigenvalue weighted by molar-refractivity contribution is 5.98. The van der Waals surface area contributed by atoms with Crippen molar-refractivity contribution in [2.75, 3.05) is 0 Å². The molecule has 1 fully saturated rings. The summed E-state index contributed by atoms with van der Waals surface area (Å²) in [6.07, 6.45) is 6.32. The van der Waals surface area contributed by atoms with Gasteiger partial charge in [-0.1, -0.05) is 88.6 Å². The molecular formula is C34H41N3O. The number of nitrogens with zero attached hydrogens (tertiary/aromatic N) is 2. The monoisotopic (exact) mass is 507 g/mol. The van der Waals surface area contributed by atoms with Crippen LogP contribution in [0.2, 0.25) is 0 Å². The van der Waals surface area contributed by atoms with E-state index in [1.807, 2.05) is 25.1 Å². The van der Waals surface area contributed by atoms with Crippen LogP contribution in [0.3, 0.4) is 0 Å². The standard InChI is InChI=1S/C34H41N3O/c1-23(26-11-7-6-8-12-26)35-33(38)28-19-20-32-30(21-28)24(2)36-37(32)22-25-15-17-27(18-16-25)29-13-9-10-14-31(29)34(3,4)5/h9-10,13-21,23,26H,6-8,11-12,22H2,1-5H3,(H,35,38)/t23-/m1/s1. The molecule has 0 spiro atoms. The molecule has 0 radical (unpaired) electrons. The zero-order valence-electron chi connectivity index (χ0n) is 23.6. The largest absolute Gasteiger partial charge is 0.349 e. The van der Waals surface area contributed by atoms with Crippen molar-refractivity contribution in [2.24, 2.45) is 5.92 Å². The number of rotatable bonds is 6. The highest BCUT2D eigenvalue weighted by Gasteiger charge is 2.22. The zero-order valence-corrected chi connectivity index (χ0v) is 23.6. The molecule has 0 bridgehead atoms. The summed E-state index contributed by atoms with van der Waals surface area (Å²) in [4.78, 5) is 13.0. The van der Waals surface area contributed by atoms with Crippen molar-refractivity contribution in [3.63, 3.8) is 0 Å². The summed E-state index contributed by atoms with van der Waals surface area (Å²) in [6.45, 7) is 11.7. The van der Waals surface area contributed by atoms with Gasteiger partial charge in [0.15, 0.2) is 0 Å². The van der Waals surface area contributed by atoms with Gasteiger partial charge in [-0.05, 0) is 78.5 Å². The van der Waals surface area contributed by atoms with E-state index in [9.17, 15) is 4.79 Å². The van der Waals surface area contributed by atoms with Crippen LogP contribution >= 0.6 is 0 Å². The number of benzene rings is 3. The number of aromatic nitrogens is 2. The molecule has 0 aliphatic heterocycles. The van der Waals surface area contributed by atoms with Crippen LogP contribution in [0.1, 0.15) is 87.0 Å². The molecule has 0 unspecified atom stereocenters. The third-order valence-electron chi connectivity index (χ3n) is 8.25. The summed E-state index contributed by atoms with van der Waals surface area (Å²) in [5.74, 6) is 0.609. The van der Waals surface area contributed by atoms with E-state index in [-0.39, 0.29) is 17.4 Å². The van der Waals surface area contributed by atoms with Gasteiger partial charge in [-0.15, -0.1) is 0 Å². The first-order chi connectivity index (χ1) is 18.2. The molecule has 1 N–H and O–H groups in total. The van der Waals surface area contributed by atoms with Gasteiger partial charge in [0.1, 0.15) is 0 Å². The van der Waals surface area contributed by atoms with Crippen molar-refractivity contribution in [3.8, 4) is 11.1 Å². The molecule has 198 valence electrons. The molecule has 4 aromatic rings. The fourth-order valence-electron chi connectivity index (χ4n) is 6.00. The zero-order chi connectivity index (χ0) is 26.9. The number of aryl methyl sites for hydroxylation is 1. The Bertz CT molecular complexity index is 1420. The summed E-state index contributed by atoms with van der Waals surface area (Å²) >= 11 is 0. The van der Waals surface area contributed by atoms with Gasteiger partial charge in [0.05, 0.1) is 17.8 Å². The van der Waals surface area contributed by atoms with Crippen LogP contribution in [-0.2, 0) is 12.0 Å². The van der Waals surface area contributed by atoms with Gasteiger partial charge in [-0.2, -0.15) is 5.10 Å². The molecule has 1 aliphatic rings. The van der Waals surface area contributed by atoms with E-state index >= 15 is 0 Å². The Morgan fingerprint density at radius 3 is 2.42 bits per heavy atom. The van der Waals surface area contributed by atoms with Crippen molar-refractivity contribution in [2.45, 2.75) is 84.7 Å². The van der Waals surface area contributed by atoms with Crippen molar-refractivity contribution in [1.82, 2.24) is 15.1 Å². The number of nitrogens with one attached hydrogen (secondary N) is 1. The molecule has 1 aliphatic carbocycles. The van der Waals surface area contributed by atoms with Crippen LogP contribution in [-0.4, -0.2) is 21.7 Å². The van der Waals surface area contributed by atoms with E-state index in [0.717, 1.165) is 16.6 Å². The first kappa shape index (κ1) is 26.2. The van der Waals surface area contributed by atoms with Crippen molar-refractivity contribution < 1.29 is 4.79 Å². The molecule has 1 heterocycles. The first-order valence-electron chi connectivity index (χ1n) is 14.2. The average molecular weight is 508 g/mol. The Hall–Kier alpha value is -3.40. The molecule has 0 saturated heterocycles. The number of carbonyl (C=O) groups is 1. The molecule has 1 saturated carbocycles. The average Bonchev–Trinajstić information content (AvgIpc) is 3.23. The highest BCUT2D eigenvalue weighted by Crippen LogP contribution is 2.33. The maximum Gasteiger partial charge on any atom is 0.251 e. The molecule has 4 nitrogen and oxygen atoms in total. The molecule has 38 heavy (non-hydrogen) atoms. The van der Waals surface area contributed by atoms with E-state index in [1.54, 1.807) is 0 Å². The minimum Gasteiger partial charge on any atom is -0.349 e. The maximum absolute atomic E-state index is 13.0. The van der Waals surface area contributed by atoms with E-state index in [1.165, 1.54) is 54.4 Å². The van der Waals surface area contributed by atoms with Gasteiger partial charge < -0.3 is 5.32 Å². The third kappa shape index (κ3) is 5.55. The quantitative estimate of drug-likeness (QED) is 0.287. The molecular weight excluding hydrogens is 466 g/mol. The van der Waals surface area contributed by atoms with E-state index in [0.29, 0.717) is 18.0 Å². The molecule has 4 heteroatoms. The minimum atomic E-state index is 0.0169. The molecule has 5 rings (SSSR count). The normalized spacial score (nSPS) is 15.5. The van der Waals surface area contributed by atoms with E-state index in [2.05, 4.69) is 86.2 Å². The molecule has 1 aromatic heterocycles. The summed E-state index contributed by atoms with van der Waals surface area (Å²) in [5.41, 5.74) is 7.89. The summed E-state index contributed by atoms with van der Waals surface area (Å²) in [5, 5.41) is 9.13. The van der Waals surface area contributed by atoms with E-state index in [4.69, 9.17) is 5.10 Å². The van der Waals surface area contributed by atoms with Crippen LogP contribution in [0, 0.1) is 12.8 Å². The predicted molar refractivity (Wildman–Crippen MR) is 158 cm³/mol. The van der Waals surface area contributed by atoms with Gasteiger partial charge >= 0.3 is 0 Å². The topological polar surface area (TPSA) is 46.9 Å². The number of carbonyl (C=O) groups excluding carboxylic acids is 1. The first-order valence-corrected chi connectivity index (χ1v) is 14.2. The van der Waals surface area contributed by atoms with Crippen LogP contribution < -0.4 is 5.32 Å². The highest BCUT2D eigenvalue weighted by atomic mass is 16.1. The summed E-state index contributed by atoms with van der Waals surface area (Å²) in [6, 6.07) is 23.7. The Labute approximate surface area is 227 Å². The Morgan fingerprint density at radius 1 is 1.00 bits per heavy atom. The second-order valence-electron chi connectivity index (χ2n) is 12.1. The Kier molecular flexibility index (Phi) is 7.43. The number of amides is 1. The van der Waals surface area contributed by atoms with Crippen LogP contribution in [0.4, 0.5) is 0 Å². The maximum atomic E-state index is 13.0. The van der Waals surface area contributed by atoms with E-state index < -0.39 is 0 Å². The summed E-state index contributed by atoms with van der Waals surface area (Å²) < 4.78 is 2.05. The lowest BCUT2D eigenvalue weighted by molar-refractivity contribution is 0.0919. The van der Waals surface area contributed by atoms with Crippen molar-refractivity contribution in [1.29, 1.82) is 0 Å². The lowest BCUT2D eigenvalue weighted by Crippen LogP contribution is -2.38. The Balaban J connectivity index is 1.33. The SMILES string of the molecule is Cc1nn(Cc2ccc(-c3ccccc3C(C)(C)C)cc2)c2ccc(C(=O)N[C@H](C)C3CCCCC3)cc12. The van der Waals surface area contributed by atoms with Crippen LogP contribution in [0.15, 0.2) is 66.7 Å². The van der Waals surface area contributed by atoms with Gasteiger partial charge in [-0.3, -0.25) is 9.48 Å². The lowest BCUT2D eigenvalue weighted by atomic mass is 9.82. The van der Waals surface area contributed by atoms with Crippen molar-refractivity contribution in [3.05, 3.63) is 89.1 Å². The predicted octanol–water partition coefficient (Wildman–Crippen LogP) is 8.06. The smallest absolute Gasteiger partial charge is 0.251 e. The molecule has 1 atom stereocenters. The fourth-order valence-corrected chi connectivity index (χ4v) is 6.00. The molecule has 1 amide bonds. The lowest BCUT2D eigenvalue weighted by Gasteiger charge is -2.28. The number of hydrogen-bond acceptors (Lipinski definition) is 2. The van der Waals surface area contributed by atoms with Gasteiger partial charge in [0.25, 0.3) is 5.91 Å². The van der Waals surface area contributed by atoms with Crippen LogP contribution in [0.5, 0.6) is 0 Å². The molecule has 3 aromatic carbocycles. The fraction of sp³-hybridized carbons (Fsp3) is 0.412.